The van der Waals surface area contributed by atoms with E-state index in [1.54, 1.807) is 7.05 Å². The van der Waals surface area contributed by atoms with Crippen molar-refractivity contribution < 1.29 is 15.0 Å². The summed E-state index contributed by atoms with van der Waals surface area (Å²) >= 11 is 0. The molecule has 4 heteroatoms. The van der Waals surface area contributed by atoms with E-state index in [0.717, 1.165) is 19.3 Å². The summed E-state index contributed by atoms with van der Waals surface area (Å²) in [6.07, 6.45) is 2.85. The lowest BCUT2D eigenvalue weighted by Gasteiger charge is -2.38. The molecular formula is C10H19NO3. The van der Waals surface area contributed by atoms with Gasteiger partial charge in [-0.2, -0.15) is 0 Å². The molecule has 4 nitrogen and oxygen atoms in total. The van der Waals surface area contributed by atoms with Crippen LogP contribution in [-0.2, 0) is 0 Å². The Morgan fingerprint density at radius 2 is 2.00 bits per heavy atom. The lowest BCUT2D eigenvalue weighted by Crippen LogP contribution is -2.43. The summed E-state index contributed by atoms with van der Waals surface area (Å²) in [5.74, 6) is 0. The predicted octanol–water partition coefficient (Wildman–Crippen LogP) is 1.68. The van der Waals surface area contributed by atoms with Crippen molar-refractivity contribution in [1.82, 2.24) is 4.90 Å². The summed E-state index contributed by atoms with van der Waals surface area (Å²) in [7, 11) is 1.60. The van der Waals surface area contributed by atoms with Crippen LogP contribution in [0.1, 0.15) is 39.0 Å². The molecular weight excluding hydrogens is 182 g/mol. The van der Waals surface area contributed by atoms with Gasteiger partial charge in [-0.3, -0.25) is 0 Å². The zero-order chi connectivity index (χ0) is 10.8. The van der Waals surface area contributed by atoms with Crippen LogP contribution < -0.4 is 0 Å². The highest BCUT2D eigenvalue weighted by Gasteiger charge is 2.33. The van der Waals surface area contributed by atoms with Gasteiger partial charge in [-0.05, 0) is 32.1 Å². The van der Waals surface area contributed by atoms with E-state index in [-0.39, 0.29) is 6.04 Å². The van der Waals surface area contributed by atoms with Crippen molar-refractivity contribution in [2.24, 2.45) is 0 Å². The molecule has 0 saturated heterocycles. The maximum absolute atomic E-state index is 10.7. The van der Waals surface area contributed by atoms with Crippen molar-refractivity contribution in [3.63, 3.8) is 0 Å². The highest BCUT2D eigenvalue weighted by Crippen LogP contribution is 2.32. The van der Waals surface area contributed by atoms with E-state index in [1.165, 1.54) is 4.90 Å². The topological polar surface area (TPSA) is 60.8 Å². The molecule has 0 radical (unpaired) electrons. The van der Waals surface area contributed by atoms with Crippen molar-refractivity contribution >= 4 is 6.09 Å². The highest BCUT2D eigenvalue weighted by molar-refractivity contribution is 5.64. The average Bonchev–Trinajstić information content (AvgIpc) is 2.18. The predicted molar refractivity (Wildman–Crippen MR) is 53.3 cm³/mol. The molecule has 0 aromatic carbocycles. The minimum absolute atomic E-state index is 0.0827. The maximum Gasteiger partial charge on any atom is 0.407 e. The van der Waals surface area contributed by atoms with Gasteiger partial charge in [0.15, 0.2) is 0 Å². The molecule has 82 valence electrons. The third-order valence-electron chi connectivity index (χ3n) is 3.39. The maximum atomic E-state index is 10.7. The van der Waals surface area contributed by atoms with Crippen LogP contribution in [0.5, 0.6) is 0 Å². The monoisotopic (exact) mass is 201 g/mol. The fraction of sp³-hybridized carbons (Fsp3) is 0.900. The van der Waals surface area contributed by atoms with Gasteiger partial charge in [0.25, 0.3) is 0 Å². The SMILES string of the molecule is CCC1(O)CCC(N(C)C(=O)O)CC1. The number of amides is 1. The molecule has 1 aliphatic rings. The lowest BCUT2D eigenvalue weighted by molar-refractivity contribution is -0.0181. The quantitative estimate of drug-likeness (QED) is 0.714. The van der Waals surface area contributed by atoms with Gasteiger partial charge in [-0.25, -0.2) is 4.79 Å². The molecule has 1 amide bonds. The number of carbonyl (C=O) groups is 1. The Bertz CT molecular complexity index is 209. The number of carboxylic acid groups (broad SMARTS) is 1. The number of nitrogens with zero attached hydrogens (tertiary/aromatic N) is 1. The lowest BCUT2D eigenvalue weighted by atomic mass is 9.80. The molecule has 0 aromatic heterocycles. The van der Waals surface area contributed by atoms with Crippen molar-refractivity contribution in [2.75, 3.05) is 7.05 Å². The van der Waals surface area contributed by atoms with Crippen LogP contribution in [0.2, 0.25) is 0 Å². The van der Waals surface area contributed by atoms with Crippen LogP contribution in [0.3, 0.4) is 0 Å². The Morgan fingerprint density at radius 1 is 1.50 bits per heavy atom. The van der Waals surface area contributed by atoms with Crippen molar-refractivity contribution in [3.8, 4) is 0 Å². The summed E-state index contributed by atoms with van der Waals surface area (Å²) < 4.78 is 0. The second-order valence-electron chi connectivity index (χ2n) is 4.20. The number of rotatable bonds is 2. The summed E-state index contributed by atoms with van der Waals surface area (Å²) in [5.41, 5.74) is -0.546. The number of hydrogen-bond acceptors (Lipinski definition) is 2. The van der Waals surface area contributed by atoms with Gasteiger partial charge in [-0.1, -0.05) is 6.92 Å². The Morgan fingerprint density at radius 3 is 2.36 bits per heavy atom. The van der Waals surface area contributed by atoms with Crippen molar-refractivity contribution in [2.45, 2.75) is 50.7 Å². The number of hydrogen-bond donors (Lipinski definition) is 2. The molecule has 0 atom stereocenters. The van der Waals surface area contributed by atoms with Crippen LogP contribution in [0.15, 0.2) is 0 Å². The van der Waals surface area contributed by atoms with E-state index in [9.17, 15) is 9.90 Å². The van der Waals surface area contributed by atoms with Crippen LogP contribution >= 0.6 is 0 Å². The molecule has 2 N–H and O–H groups in total. The summed E-state index contributed by atoms with van der Waals surface area (Å²) in [6.45, 7) is 1.97. The van der Waals surface area contributed by atoms with E-state index in [1.807, 2.05) is 6.92 Å². The molecule has 1 aliphatic carbocycles. The van der Waals surface area contributed by atoms with E-state index in [0.29, 0.717) is 12.8 Å². The van der Waals surface area contributed by atoms with Crippen LogP contribution in [0, 0.1) is 0 Å². The third kappa shape index (κ3) is 2.38. The zero-order valence-electron chi connectivity index (χ0n) is 8.86. The fourth-order valence-corrected chi connectivity index (χ4v) is 2.04. The third-order valence-corrected chi connectivity index (χ3v) is 3.39. The Balaban J connectivity index is 2.47. The van der Waals surface area contributed by atoms with E-state index < -0.39 is 11.7 Å². The van der Waals surface area contributed by atoms with Crippen LogP contribution in [-0.4, -0.2) is 39.9 Å². The van der Waals surface area contributed by atoms with Crippen molar-refractivity contribution in [3.05, 3.63) is 0 Å². The first-order valence-corrected chi connectivity index (χ1v) is 5.16. The van der Waals surface area contributed by atoms with Gasteiger partial charge >= 0.3 is 6.09 Å². The minimum atomic E-state index is -0.878. The zero-order valence-corrected chi connectivity index (χ0v) is 8.86. The molecule has 0 unspecified atom stereocenters. The summed E-state index contributed by atoms with van der Waals surface area (Å²) in [4.78, 5) is 12.0. The number of aliphatic hydroxyl groups is 1. The first-order valence-electron chi connectivity index (χ1n) is 5.16. The van der Waals surface area contributed by atoms with Gasteiger partial charge in [0, 0.05) is 13.1 Å². The molecule has 0 spiro atoms. The van der Waals surface area contributed by atoms with Gasteiger partial charge < -0.3 is 15.1 Å². The second kappa shape index (κ2) is 4.17. The molecule has 0 heterocycles. The molecule has 0 bridgehead atoms. The van der Waals surface area contributed by atoms with E-state index in [4.69, 9.17) is 5.11 Å². The average molecular weight is 201 g/mol. The molecule has 0 aliphatic heterocycles. The fourth-order valence-electron chi connectivity index (χ4n) is 2.04. The molecule has 1 rings (SSSR count). The largest absolute Gasteiger partial charge is 0.465 e. The Kier molecular flexibility index (Phi) is 3.37. The van der Waals surface area contributed by atoms with Gasteiger partial charge in [-0.15, -0.1) is 0 Å². The standard InChI is InChI=1S/C10H19NO3/c1-3-10(14)6-4-8(5-7-10)11(2)9(12)13/h8,14H,3-7H2,1-2H3,(H,12,13). The first kappa shape index (κ1) is 11.3. The normalized spacial score (nSPS) is 32.6. The molecule has 1 fully saturated rings. The molecule has 14 heavy (non-hydrogen) atoms. The summed E-state index contributed by atoms with van der Waals surface area (Å²) in [6, 6.07) is 0.0827. The van der Waals surface area contributed by atoms with Gasteiger partial charge in [0.2, 0.25) is 0 Å². The van der Waals surface area contributed by atoms with Gasteiger partial charge in [0.1, 0.15) is 0 Å². The molecule has 0 aromatic rings. The highest BCUT2D eigenvalue weighted by atomic mass is 16.4. The van der Waals surface area contributed by atoms with Crippen LogP contribution in [0.4, 0.5) is 4.79 Å². The van der Waals surface area contributed by atoms with Crippen LogP contribution in [0.25, 0.3) is 0 Å². The van der Waals surface area contributed by atoms with E-state index >= 15 is 0 Å². The Hall–Kier alpha value is -0.770. The van der Waals surface area contributed by atoms with Gasteiger partial charge in [0.05, 0.1) is 5.60 Å². The smallest absolute Gasteiger partial charge is 0.407 e. The molecule has 1 saturated carbocycles. The Labute approximate surface area is 84.5 Å². The second-order valence-corrected chi connectivity index (χ2v) is 4.20. The van der Waals surface area contributed by atoms with Crippen molar-refractivity contribution in [1.29, 1.82) is 0 Å². The first-order chi connectivity index (χ1) is 6.48. The summed E-state index contributed by atoms with van der Waals surface area (Å²) in [5, 5.41) is 18.7. The van der Waals surface area contributed by atoms with E-state index in [2.05, 4.69) is 0 Å². The minimum Gasteiger partial charge on any atom is -0.465 e.